The number of nitrogens with two attached hydrogens (primary N) is 1. The molecule has 6 heteroatoms. The fourth-order valence-electron chi connectivity index (χ4n) is 3.07. The first-order valence-corrected chi connectivity index (χ1v) is 7.85. The molecule has 0 aliphatic carbocycles. The van der Waals surface area contributed by atoms with Gasteiger partial charge in [-0.3, -0.25) is 4.79 Å². The summed E-state index contributed by atoms with van der Waals surface area (Å²) in [5.41, 5.74) is 5.83. The number of fused-ring (bicyclic) bond motifs is 1. The smallest absolute Gasteiger partial charge is 0.191 e. The summed E-state index contributed by atoms with van der Waals surface area (Å²) in [6.07, 6.45) is 2.50. The summed E-state index contributed by atoms with van der Waals surface area (Å²) >= 11 is 0. The molecule has 1 unspecified atom stereocenters. The third-order valence-corrected chi connectivity index (χ3v) is 4.33. The van der Waals surface area contributed by atoms with E-state index in [1.165, 1.54) is 12.1 Å². The van der Waals surface area contributed by atoms with Gasteiger partial charge in [-0.2, -0.15) is 0 Å². The zero-order valence-electron chi connectivity index (χ0n) is 14.1. The van der Waals surface area contributed by atoms with Gasteiger partial charge in [-0.25, -0.2) is 9.37 Å². The molecule has 1 aliphatic heterocycles. The molecular formula is C17H23FN4O. The summed E-state index contributed by atoms with van der Waals surface area (Å²) in [6, 6.07) is 2.76. The number of anilines is 1. The number of pyridine rings is 2. The van der Waals surface area contributed by atoms with Gasteiger partial charge < -0.3 is 15.2 Å². The standard InChI is InChI=1S/C17H23FN4O/c1-16(2,3)22-7-5-13(23)11-9-12(18)15(20-14(11)22)21-8-6-17(4,19)10-21/h5,7,9H,6,8,10,19H2,1-4H3. The highest BCUT2D eigenvalue weighted by Crippen LogP contribution is 2.28. The van der Waals surface area contributed by atoms with Crippen LogP contribution in [-0.4, -0.2) is 28.2 Å². The van der Waals surface area contributed by atoms with Gasteiger partial charge in [0, 0.05) is 36.4 Å². The Bertz CT molecular complexity index is 820. The van der Waals surface area contributed by atoms with Crippen molar-refractivity contribution in [3.8, 4) is 0 Å². The second-order valence-corrected chi connectivity index (χ2v) is 7.71. The minimum absolute atomic E-state index is 0.219. The lowest BCUT2D eigenvalue weighted by Crippen LogP contribution is -2.39. The summed E-state index contributed by atoms with van der Waals surface area (Å²) in [5, 5.41) is 0.304. The summed E-state index contributed by atoms with van der Waals surface area (Å²) in [5.74, 6) is -0.200. The molecule has 2 aromatic heterocycles. The normalized spacial score (nSPS) is 22.1. The number of rotatable bonds is 1. The van der Waals surface area contributed by atoms with E-state index >= 15 is 0 Å². The van der Waals surface area contributed by atoms with Crippen molar-refractivity contribution < 1.29 is 4.39 Å². The maximum absolute atomic E-state index is 14.5. The van der Waals surface area contributed by atoms with Crippen LogP contribution in [0.5, 0.6) is 0 Å². The summed E-state index contributed by atoms with van der Waals surface area (Å²) in [7, 11) is 0. The average molecular weight is 318 g/mol. The van der Waals surface area contributed by atoms with E-state index in [1.54, 1.807) is 6.20 Å². The molecule has 3 heterocycles. The monoisotopic (exact) mass is 318 g/mol. The molecule has 0 bridgehead atoms. The molecule has 1 aliphatic rings. The lowest BCUT2D eigenvalue weighted by atomic mass is 10.0. The van der Waals surface area contributed by atoms with E-state index in [0.29, 0.717) is 24.1 Å². The van der Waals surface area contributed by atoms with Gasteiger partial charge in [-0.15, -0.1) is 0 Å². The lowest BCUT2D eigenvalue weighted by Gasteiger charge is -2.26. The number of halogens is 1. The van der Waals surface area contributed by atoms with E-state index in [-0.39, 0.29) is 22.3 Å². The van der Waals surface area contributed by atoms with Gasteiger partial charge in [-0.05, 0) is 40.2 Å². The van der Waals surface area contributed by atoms with Crippen molar-refractivity contribution in [1.82, 2.24) is 9.55 Å². The predicted molar refractivity (Wildman–Crippen MR) is 90.4 cm³/mol. The zero-order chi connectivity index (χ0) is 17.0. The first-order chi connectivity index (χ1) is 10.6. The van der Waals surface area contributed by atoms with Crippen LogP contribution in [0.2, 0.25) is 0 Å². The van der Waals surface area contributed by atoms with Crippen molar-refractivity contribution in [2.45, 2.75) is 45.2 Å². The van der Waals surface area contributed by atoms with Gasteiger partial charge >= 0.3 is 0 Å². The Kier molecular flexibility index (Phi) is 3.48. The highest BCUT2D eigenvalue weighted by molar-refractivity contribution is 5.77. The first kappa shape index (κ1) is 15.9. The van der Waals surface area contributed by atoms with Crippen LogP contribution in [-0.2, 0) is 5.54 Å². The van der Waals surface area contributed by atoms with Crippen LogP contribution < -0.4 is 16.1 Å². The summed E-state index contributed by atoms with van der Waals surface area (Å²) in [4.78, 5) is 18.5. The molecule has 5 nitrogen and oxygen atoms in total. The van der Waals surface area contributed by atoms with Gasteiger partial charge in [0.1, 0.15) is 5.65 Å². The molecule has 1 saturated heterocycles. The number of nitrogens with zero attached hydrogens (tertiary/aromatic N) is 3. The van der Waals surface area contributed by atoms with Crippen molar-refractivity contribution in [3.05, 3.63) is 34.4 Å². The lowest BCUT2D eigenvalue weighted by molar-refractivity contribution is 0.405. The molecule has 0 radical (unpaired) electrons. The van der Waals surface area contributed by atoms with Crippen molar-refractivity contribution in [2.24, 2.45) is 5.73 Å². The van der Waals surface area contributed by atoms with Gasteiger partial charge in [0.2, 0.25) is 0 Å². The number of hydrogen-bond acceptors (Lipinski definition) is 4. The maximum Gasteiger partial charge on any atom is 0.191 e. The highest BCUT2D eigenvalue weighted by Gasteiger charge is 2.32. The molecule has 3 rings (SSSR count). The van der Waals surface area contributed by atoms with Gasteiger partial charge in [0.05, 0.1) is 5.39 Å². The van der Waals surface area contributed by atoms with Gasteiger partial charge in [0.25, 0.3) is 0 Å². The summed E-state index contributed by atoms with van der Waals surface area (Å²) < 4.78 is 16.4. The van der Waals surface area contributed by atoms with Crippen LogP contribution in [0.15, 0.2) is 23.1 Å². The second kappa shape index (κ2) is 5.03. The Morgan fingerprint density at radius 2 is 2.09 bits per heavy atom. The Morgan fingerprint density at radius 1 is 1.39 bits per heavy atom. The minimum atomic E-state index is -0.473. The Hall–Kier alpha value is -1.95. The van der Waals surface area contributed by atoms with Crippen molar-refractivity contribution in [3.63, 3.8) is 0 Å². The van der Waals surface area contributed by atoms with E-state index in [2.05, 4.69) is 4.98 Å². The van der Waals surface area contributed by atoms with Crippen molar-refractivity contribution in [1.29, 1.82) is 0 Å². The molecule has 2 aromatic rings. The molecule has 0 amide bonds. The Labute approximate surface area is 134 Å². The number of aromatic nitrogens is 2. The van der Waals surface area contributed by atoms with E-state index in [0.717, 1.165) is 6.42 Å². The third-order valence-electron chi connectivity index (χ3n) is 4.33. The van der Waals surface area contributed by atoms with E-state index < -0.39 is 5.82 Å². The molecule has 2 N–H and O–H groups in total. The van der Waals surface area contributed by atoms with Crippen LogP contribution in [0.3, 0.4) is 0 Å². The van der Waals surface area contributed by atoms with Crippen LogP contribution in [0.1, 0.15) is 34.1 Å². The van der Waals surface area contributed by atoms with Gasteiger partial charge in [0.15, 0.2) is 17.1 Å². The third kappa shape index (κ3) is 2.83. The minimum Gasteiger partial charge on any atom is -0.352 e. The molecule has 0 aromatic carbocycles. The SMILES string of the molecule is CC1(N)CCN(c2nc3c(cc2F)c(=O)ccn3C(C)(C)C)C1. The second-order valence-electron chi connectivity index (χ2n) is 7.71. The van der Waals surface area contributed by atoms with E-state index in [9.17, 15) is 9.18 Å². The van der Waals surface area contributed by atoms with Crippen LogP contribution in [0.4, 0.5) is 10.2 Å². The fraction of sp³-hybridized carbons (Fsp3) is 0.529. The van der Waals surface area contributed by atoms with Crippen molar-refractivity contribution >= 4 is 16.9 Å². The Morgan fingerprint density at radius 3 is 2.65 bits per heavy atom. The van der Waals surface area contributed by atoms with Crippen LogP contribution >= 0.6 is 0 Å². The molecule has 124 valence electrons. The topological polar surface area (TPSA) is 64.2 Å². The average Bonchev–Trinajstić information content (AvgIpc) is 2.78. The van der Waals surface area contributed by atoms with E-state index in [4.69, 9.17) is 5.73 Å². The van der Waals surface area contributed by atoms with E-state index in [1.807, 2.05) is 37.2 Å². The predicted octanol–water partition coefficient (Wildman–Crippen LogP) is 2.22. The van der Waals surface area contributed by atoms with Gasteiger partial charge in [-0.1, -0.05) is 0 Å². The quantitative estimate of drug-likeness (QED) is 0.875. The maximum atomic E-state index is 14.5. The highest BCUT2D eigenvalue weighted by atomic mass is 19.1. The molecule has 23 heavy (non-hydrogen) atoms. The first-order valence-electron chi connectivity index (χ1n) is 7.85. The molecule has 0 spiro atoms. The van der Waals surface area contributed by atoms with Crippen LogP contribution in [0.25, 0.3) is 11.0 Å². The number of hydrogen-bond donors (Lipinski definition) is 1. The molecule has 1 fully saturated rings. The molecular weight excluding hydrogens is 295 g/mol. The fourth-order valence-corrected chi connectivity index (χ4v) is 3.07. The molecule has 0 saturated carbocycles. The Balaban J connectivity index is 2.22. The van der Waals surface area contributed by atoms with Crippen molar-refractivity contribution in [2.75, 3.05) is 18.0 Å². The molecule has 1 atom stereocenters. The largest absolute Gasteiger partial charge is 0.352 e. The zero-order valence-corrected chi connectivity index (χ0v) is 14.1. The van der Waals surface area contributed by atoms with Crippen LogP contribution in [0, 0.1) is 5.82 Å². The summed E-state index contributed by atoms with van der Waals surface area (Å²) in [6.45, 7) is 9.23.